The molecule has 0 atom stereocenters. The van der Waals surface area contributed by atoms with Crippen molar-refractivity contribution >= 4 is 10.2 Å². The Morgan fingerprint density at radius 3 is 2.47 bits per heavy atom. The molecule has 0 aromatic heterocycles. The van der Waals surface area contributed by atoms with Crippen LogP contribution < -0.4 is 5.14 Å². The van der Waals surface area contributed by atoms with Crippen LogP contribution in [0.25, 0.3) is 0 Å². The van der Waals surface area contributed by atoms with Crippen LogP contribution >= 0.6 is 0 Å². The molecule has 0 amide bonds. The molecule has 0 unspecified atom stereocenters. The first-order chi connectivity index (χ1) is 6.95. The maximum Gasteiger partial charge on any atom is 0.277 e. The van der Waals surface area contributed by atoms with Crippen LogP contribution in [0.15, 0.2) is 24.3 Å². The minimum Gasteiger partial charge on any atom is -0.216 e. The largest absolute Gasteiger partial charge is 0.277 e. The number of hydrogen-bond acceptors (Lipinski definition) is 2. The quantitative estimate of drug-likeness (QED) is 0.836. The summed E-state index contributed by atoms with van der Waals surface area (Å²) in [5.74, 6) is -0.431. The smallest absolute Gasteiger partial charge is 0.216 e. The standard InChI is InChI=1S/C9H13FN2O2S/c1-2-12(15(11,13)14)7-8-5-3-4-6-9(8)10/h3-6H,2,7H2,1H3,(H2,11,13,14). The molecule has 0 heterocycles. The van der Waals surface area contributed by atoms with Gasteiger partial charge in [-0.3, -0.25) is 0 Å². The number of nitrogens with two attached hydrogens (primary N) is 1. The molecule has 1 aromatic rings. The van der Waals surface area contributed by atoms with Gasteiger partial charge in [-0.2, -0.15) is 12.7 Å². The summed E-state index contributed by atoms with van der Waals surface area (Å²) in [6.45, 7) is 1.82. The average Bonchev–Trinajstić information content (AvgIpc) is 2.14. The molecular weight excluding hydrogens is 219 g/mol. The van der Waals surface area contributed by atoms with Crippen molar-refractivity contribution < 1.29 is 12.8 Å². The second-order valence-electron chi connectivity index (χ2n) is 3.06. The third-order valence-electron chi connectivity index (χ3n) is 2.02. The Hall–Kier alpha value is -0.980. The normalized spacial score (nSPS) is 12.0. The highest BCUT2D eigenvalue weighted by molar-refractivity contribution is 7.86. The Morgan fingerprint density at radius 2 is 2.00 bits per heavy atom. The lowest BCUT2D eigenvalue weighted by atomic mass is 10.2. The van der Waals surface area contributed by atoms with Crippen LogP contribution in [-0.4, -0.2) is 19.3 Å². The van der Waals surface area contributed by atoms with Crippen molar-refractivity contribution in [3.05, 3.63) is 35.6 Å². The van der Waals surface area contributed by atoms with E-state index in [2.05, 4.69) is 0 Å². The van der Waals surface area contributed by atoms with E-state index < -0.39 is 16.0 Å². The van der Waals surface area contributed by atoms with Gasteiger partial charge >= 0.3 is 0 Å². The van der Waals surface area contributed by atoms with E-state index in [9.17, 15) is 12.8 Å². The zero-order valence-electron chi connectivity index (χ0n) is 8.35. The van der Waals surface area contributed by atoms with E-state index in [1.807, 2.05) is 0 Å². The fourth-order valence-electron chi connectivity index (χ4n) is 1.20. The van der Waals surface area contributed by atoms with E-state index in [-0.39, 0.29) is 13.1 Å². The van der Waals surface area contributed by atoms with Gasteiger partial charge in [0.05, 0.1) is 0 Å². The minimum atomic E-state index is -3.76. The SMILES string of the molecule is CCN(Cc1ccccc1F)S(N)(=O)=O. The number of rotatable bonds is 4. The molecule has 2 N–H and O–H groups in total. The van der Waals surface area contributed by atoms with Gasteiger partial charge in [-0.1, -0.05) is 25.1 Å². The van der Waals surface area contributed by atoms with E-state index >= 15 is 0 Å². The molecule has 1 rings (SSSR count). The molecule has 0 bridgehead atoms. The van der Waals surface area contributed by atoms with Crippen molar-refractivity contribution in [1.29, 1.82) is 0 Å². The zero-order chi connectivity index (χ0) is 11.5. The van der Waals surface area contributed by atoms with Gasteiger partial charge in [-0.15, -0.1) is 0 Å². The van der Waals surface area contributed by atoms with Crippen molar-refractivity contribution in [3.8, 4) is 0 Å². The molecule has 6 heteroatoms. The maximum atomic E-state index is 13.2. The minimum absolute atomic E-state index is 0.0397. The van der Waals surface area contributed by atoms with E-state index in [0.29, 0.717) is 5.56 Å². The van der Waals surface area contributed by atoms with Crippen molar-refractivity contribution in [3.63, 3.8) is 0 Å². The zero-order valence-corrected chi connectivity index (χ0v) is 9.17. The summed E-state index contributed by atoms with van der Waals surface area (Å²) in [5, 5.41) is 4.96. The van der Waals surface area contributed by atoms with E-state index in [4.69, 9.17) is 5.14 Å². The van der Waals surface area contributed by atoms with Crippen LogP contribution in [0, 0.1) is 5.82 Å². The van der Waals surface area contributed by atoms with Gasteiger partial charge in [0.2, 0.25) is 0 Å². The van der Waals surface area contributed by atoms with E-state index in [1.54, 1.807) is 19.1 Å². The average molecular weight is 232 g/mol. The van der Waals surface area contributed by atoms with Gasteiger partial charge in [0.15, 0.2) is 0 Å². The Bertz CT molecular complexity index is 433. The van der Waals surface area contributed by atoms with Gasteiger partial charge < -0.3 is 0 Å². The lowest BCUT2D eigenvalue weighted by Crippen LogP contribution is -2.36. The fourth-order valence-corrected chi connectivity index (χ4v) is 1.88. The first-order valence-electron chi connectivity index (χ1n) is 4.46. The van der Waals surface area contributed by atoms with Crippen LogP contribution in [0.2, 0.25) is 0 Å². The van der Waals surface area contributed by atoms with Crippen LogP contribution in [-0.2, 0) is 16.8 Å². The van der Waals surface area contributed by atoms with Crippen molar-refractivity contribution in [1.82, 2.24) is 4.31 Å². The van der Waals surface area contributed by atoms with Crippen LogP contribution in [0.5, 0.6) is 0 Å². The third-order valence-corrected chi connectivity index (χ3v) is 3.12. The van der Waals surface area contributed by atoms with Crippen molar-refractivity contribution in [2.75, 3.05) is 6.54 Å². The van der Waals surface area contributed by atoms with Crippen LogP contribution in [0.4, 0.5) is 4.39 Å². The molecule has 1 aromatic carbocycles. The number of nitrogens with zero attached hydrogens (tertiary/aromatic N) is 1. The Labute approximate surface area is 88.7 Å². The molecular formula is C9H13FN2O2S. The molecule has 0 aliphatic carbocycles. The highest BCUT2D eigenvalue weighted by Gasteiger charge is 2.16. The summed E-state index contributed by atoms with van der Waals surface area (Å²) in [6, 6.07) is 6.01. The highest BCUT2D eigenvalue weighted by atomic mass is 32.2. The molecule has 15 heavy (non-hydrogen) atoms. The maximum absolute atomic E-state index is 13.2. The Morgan fingerprint density at radius 1 is 1.40 bits per heavy atom. The summed E-state index contributed by atoms with van der Waals surface area (Å²) in [6.07, 6.45) is 0. The molecule has 84 valence electrons. The Kier molecular flexibility index (Phi) is 3.78. The molecule has 0 fully saturated rings. The Balaban J connectivity index is 2.90. The summed E-state index contributed by atoms with van der Waals surface area (Å²) in [7, 11) is -3.76. The van der Waals surface area contributed by atoms with Crippen molar-refractivity contribution in [2.24, 2.45) is 5.14 Å². The summed E-state index contributed by atoms with van der Waals surface area (Å²) >= 11 is 0. The van der Waals surface area contributed by atoms with Crippen LogP contribution in [0.3, 0.4) is 0 Å². The monoisotopic (exact) mass is 232 g/mol. The van der Waals surface area contributed by atoms with Gasteiger partial charge in [-0.05, 0) is 6.07 Å². The fraction of sp³-hybridized carbons (Fsp3) is 0.333. The second-order valence-corrected chi connectivity index (χ2v) is 4.61. The molecule has 0 aliphatic heterocycles. The van der Waals surface area contributed by atoms with Gasteiger partial charge in [0, 0.05) is 18.7 Å². The predicted octanol–water partition coefficient (Wildman–Crippen LogP) is 0.851. The second kappa shape index (κ2) is 4.69. The number of hydrogen-bond donors (Lipinski definition) is 1. The van der Waals surface area contributed by atoms with Gasteiger partial charge in [0.1, 0.15) is 5.82 Å². The van der Waals surface area contributed by atoms with Gasteiger partial charge in [0.25, 0.3) is 10.2 Å². The molecule has 0 saturated carbocycles. The molecule has 4 nitrogen and oxygen atoms in total. The molecule has 0 aliphatic rings. The molecule has 0 saturated heterocycles. The topological polar surface area (TPSA) is 63.4 Å². The molecule has 0 radical (unpaired) electrons. The first kappa shape index (κ1) is 12.1. The number of benzene rings is 1. The van der Waals surface area contributed by atoms with Crippen molar-refractivity contribution in [2.45, 2.75) is 13.5 Å². The highest BCUT2D eigenvalue weighted by Crippen LogP contribution is 2.10. The number of halogens is 1. The van der Waals surface area contributed by atoms with E-state index in [1.165, 1.54) is 12.1 Å². The van der Waals surface area contributed by atoms with Gasteiger partial charge in [-0.25, -0.2) is 9.53 Å². The lowest BCUT2D eigenvalue weighted by Gasteiger charge is -2.17. The lowest BCUT2D eigenvalue weighted by molar-refractivity contribution is 0.416. The summed E-state index contributed by atoms with van der Waals surface area (Å²) in [4.78, 5) is 0. The molecule has 0 spiro atoms. The predicted molar refractivity (Wildman–Crippen MR) is 55.6 cm³/mol. The first-order valence-corrected chi connectivity index (χ1v) is 5.96. The van der Waals surface area contributed by atoms with E-state index in [0.717, 1.165) is 4.31 Å². The summed E-state index contributed by atoms with van der Waals surface area (Å²) in [5.41, 5.74) is 0.313. The van der Waals surface area contributed by atoms with Crippen LogP contribution in [0.1, 0.15) is 12.5 Å². The third kappa shape index (κ3) is 3.26. The summed E-state index contributed by atoms with van der Waals surface area (Å²) < 4.78 is 36.3.